The summed E-state index contributed by atoms with van der Waals surface area (Å²) in [6, 6.07) is -1.38. The topological polar surface area (TPSA) is 142 Å². The lowest BCUT2D eigenvalue weighted by Gasteiger charge is -2.18. The van der Waals surface area contributed by atoms with Gasteiger partial charge in [-0.1, -0.05) is 187 Å². The number of carboxylic acids is 1. The van der Waals surface area contributed by atoms with E-state index in [1.807, 2.05) is 0 Å². The lowest BCUT2D eigenvalue weighted by Crippen LogP contribution is -2.47. The first-order valence-electron chi connectivity index (χ1n) is 22.9. The predicted molar refractivity (Wildman–Crippen MR) is 222 cm³/mol. The lowest BCUT2D eigenvalue weighted by molar-refractivity contribution is -0.150. The zero-order valence-electron chi connectivity index (χ0n) is 35.3. The molecule has 0 heterocycles. The molecular formula is C45H86N2O7. The average Bonchev–Trinajstić information content (AvgIpc) is 3.15. The minimum atomic E-state index is -1.38. The third-order valence-electron chi connectivity index (χ3n) is 10.6. The molecule has 0 saturated carbocycles. The van der Waals surface area contributed by atoms with Crippen molar-refractivity contribution in [3.8, 4) is 0 Å². The van der Waals surface area contributed by atoms with Gasteiger partial charge in [-0.3, -0.25) is 14.4 Å². The highest BCUT2D eigenvalue weighted by Gasteiger charge is 2.19. The summed E-state index contributed by atoms with van der Waals surface area (Å²) in [5.74, 6) is -2.27. The molecule has 0 aromatic carbocycles. The van der Waals surface area contributed by atoms with Gasteiger partial charge in [0.1, 0.15) is 12.1 Å². The summed E-state index contributed by atoms with van der Waals surface area (Å²) in [7, 11) is 0. The molecule has 0 aromatic rings. The number of hydrogen-bond donors (Lipinski definition) is 4. The van der Waals surface area contributed by atoms with Crippen LogP contribution in [-0.2, 0) is 23.9 Å². The van der Waals surface area contributed by atoms with Crippen LogP contribution < -0.4 is 10.6 Å². The molecule has 9 heteroatoms. The number of aliphatic hydroxyl groups excluding tert-OH is 1. The second-order valence-electron chi connectivity index (χ2n) is 15.9. The van der Waals surface area contributed by atoms with Crippen molar-refractivity contribution in [2.75, 3.05) is 13.2 Å². The molecule has 0 fully saturated rings. The predicted octanol–water partition coefficient (Wildman–Crippen LogP) is 11.3. The zero-order valence-corrected chi connectivity index (χ0v) is 35.3. The number of carbonyl (C=O) groups excluding carboxylic acids is 3. The Bertz CT molecular complexity index is 884. The van der Waals surface area contributed by atoms with Crippen molar-refractivity contribution in [3.63, 3.8) is 0 Å². The Labute approximate surface area is 331 Å². The molecule has 2 unspecified atom stereocenters. The second kappa shape index (κ2) is 40.5. The number of carboxylic acid groups (broad SMARTS) is 1. The molecule has 2 amide bonds. The van der Waals surface area contributed by atoms with Crippen molar-refractivity contribution in [2.24, 2.45) is 0 Å². The molecule has 9 nitrogen and oxygen atoms in total. The van der Waals surface area contributed by atoms with Crippen molar-refractivity contribution in [1.82, 2.24) is 10.6 Å². The first-order valence-corrected chi connectivity index (χ1v) is 22.9. The molecule has 0 saturated heterocycles. The molecule has 0 radical (unpaired) electrons. The zero-order chi connectivity index (χ0) is 39.7. The average molecular weight is 767 g/mol. The van der Waals surface area contributed by atoms with Crippen LogP contribution in [0.4, 0.5) is 0 Å². The maximum atomic E-state index is 12.8. The Hall–Kier alpha value is -2.16. The normalized spacial score (nSPS) is 12.4. The number of hydrogen-bond acceptors (Lipinski definition) is 6. The number of esters is 1. The summed E-state index contributed by atoms with van der Waals surface area (Å²) >= 11 is 0. The summed E-state index contributed by atoms with van der Waals surface area (Å²) in [5.41, 5.74) is 0. The number of aliphatic hydroxyl groups is 1. The molecule has 0 aliphatic carbocycles. The molecule has 0 aromatic heterocycles. The molecule has 0 rings (SSSR count). The number of unbranched alkanes of at least 4 members (excludes halogenated alkanes) is 28. The first-order chi connectivity index (χ1) is 26.3. The molecule has 0 aliphatic heterocycles. The van der Waals surface area contributed by atoms with Crippen LogP contribution in [-0.4, -0.2) is 59.3 Å². The van der Waals surface area contributed by atoms with Crippen molar-refractivity contribution in [3.05, 3.63) is 0 Å². The highest BCUT2D eigenvalue weighted by atomic mass is 16.5. The number of ether oxygens (including phenoxy) is 1. The van der Waals surface area contributed by atoms with E-state index >= 15 is 0 Å². The summed E-state index contributed by atoms with van der Waals surface area (Å²) in [6.45, 7) is 3.49. The Morgan fingerprint density at radius 2 is 0.833 bits per heavy atom. The molecule has 54 heavy (non-hydrogen) atoms. The van der Waals surface area contributed by atoms with E-state index in [1.165, 1.54) is 148 Å². The molecule has 318 valence electrons. The van der Waals surface area contributed by atoms with E-state index in [-0.39, 0.29) is 24.5 Å². The summed E-state index contributed by atoms with van der Waals surface area (Å²) < 4.78 is 6.01. The summed E-state index contributed by atoms with van der Waals surface area (Å²) in [5, 5.41) is 22.5. The van der Waals surface area contributed by atoms with Gasteiger partial charge in [-0.2, -0.15) is 0 Å². The van der Waals surface area contributed by atoms with E-state index in [0.717, 1.165) is 57.8 Å². The largest absolute Gasteiger partial charge is 0.480 e. The number of nitrogens with one attached hydrogen (secondary N) is 2. The summed E-state index contributed by atoms with van der Waals surface area (Å²) in [4.78, 5) is 47.5. The van der Waals surface area contributed by atoms with Crippen LogP contribution in [0.3, 0.4) is 0 Å². The first kappa shape index (κ1) is 51.8. The van der Waals surface area contributed by atoms with E-state index in [2.05, 4.69) is 24.5 Å². The van der Waals surface area contributed by atoms with Crippen molar-refractivity contribution in [2.45, 2.75) is 251 Å². The SMILES string of the molecule is CCCCCCCCCCCCCCCCCCCCCC(=O)OC(CCCCCCCCC)CCCCCCCC(=O)NCC(=O)NC(CO)C(=O)O. The third kappa shape index (κ3) is 36.8. The summed E-state index contributed by atoms with van der Waals surface area (Å²) in [6.07, 6.45) is 41.5. The monoisotopic (exact) mass is 767 g/mol. The van der Waals surface area contributed by atoms with Gasteiger partial charge in [0, 0.05) is 12.8 Å². The Kier molecular flexibility index (Phi) is 38.9. The number of aliphatic carboxylic acids is 1. The number of amides is 2. The standard InChI is InChI=1S/C45H86N2O7/c1-3-5-7-9-11-12-13-14-15-16-17-18-19-20-21-22-24-29-33-37-44(51)54-40(34-30-26-23-10-8-6-4-2)35-31-27-25-28-32-36-42(49)46-38-43(50)47-41(39-48)45(52)53/h40-41,48H,3-39H2,1-2H3,(H,46,49)(H,47,50)(H,52,53). The third-order valence-corrected chi connectivity index (χ3v) is 10.6. The van der Waals surface area contributed by atoms with Crippen LogP contribution in [0.1, 0.15) is 239 Å². The van der Waals surface area contributed by atoms with Gasteiger partial charge in [-0.05, 0) is 38.5 Å². The van der Waals surface area contributed by atoms with Gasteiger partial charge in [0.2, 0.25) is 11.8 Å². The van der Waals surface area contributed by atoms with Gasteiger partial charge < -0.3 is 25.6 Å². The van der Waals surface area contributed by atoms with Gasteiger partial charge in [-0.15, -0.1) is 0 Å². The minimum absolute atomic E-state index is 0.00283. The molecule has 0 bridgehead atoms. The van der Waals surface area contributed by atoms with Gasteiger partial charge in [0.15, 0.2) is 0 Å². The van der Waals surface area contributed by atoms with Crippen LogP contribution in [0.15, 0.2) is 0 Å². The van der Waals surface area contributed by atoms with E-state index in [4.69, 9.17) is 14.9 Å². The fraction of sp³-hybridized carbons (Fsp3) is 0.911. The van der Waals surface area contributed by atoms with Crippen LogP contribution in [0.2, 0.25) is 0 Å². The highest BCUT2D eigenvalue weighted by molar-refractivity contribution is 5.87. The minimum Gasteiger partial charge on any atom is -0.480 e. The van der Waals surface area contributed by atoms with Crippen LogP contribution >= 0.6 is 0 Å². The van der Waals surface area contributed by atoms with Crippen LogP contribution in [0, 0.1) is 0 Å². The van der Waals surface area contributed by atoms with Gasteiger partial charge >= 0.3 is 11.9 Å². The van der Waals surface area contributed by atoms with E-state index in [1.54, 1.807) is 0 Å². The lowest BCUT2D eigenvalue weighted by atomic mass is 10.0. The van der Waals surface area contributed by atoms with Gasteiger partial charge in [-0.25, -0.2) is 4.79 Å². The van der Waals surface area contributed by atoms with Crippen LogP contribution in [0.25, 0.3) is 0 Å². The second-order valence-corrected chi connectivity index (χ2v) is 15.9. The fourth-order valence-corrected chi connectivity index (χ4v) is 7.07. The molecule has 0 aliphatic rings. The van der Waals surface area contributed by atoms with E-state index in [0.29, 0.717) is 19.3 Å². The maximum absolute atomic E-state index is 12.8. The van der Waals surface area contributed by atoms with Crippen molar-refractivity contribution >= 4 is 23.8 Å². The smallest absolute Gasteiger partial charge is 0.328 e. The van der Waals surface area contributed by atoms with E-state index in [9.17, 15) is 19.2 Å². The quantitative estimate of drug-likeness (QED) is 0.0358. The fourth-order valence-electron chi connectivity index (χ4n) is 7.07. The Morgan fingerprint density at radius 3 is 1.20 bits per heavy atom. The maximum Gasteiger partial charge on any atom is 0.328 e. The van der Waals surface area contributed by atoms with Gasteiger partial charge in [0.05, 0.1) is 13.2 Å². The van der Waals surface area contributed by atoms with Crippen molar-refractivity contribution in [1.29, 1.82) is 0 Å². The van der Waals surface area contributed by atoms with Gasteiger partial charge in [0.25, 0.3) is 0 Å². The molecule has 0 spiro atoms. The molecular weight excluding hydrogens is 681 g/mol. The van der Waals surface area contributed by atoms with Crippen molar-refractivity contribution < 1.29 is 34.1 Å². The number of rotatable bonds is 42. The number of carbonyl (C=O) groups is 4. The molecule has 2 atom stereocenters. The molecule has 4 N–H and O–H groups in total. The Balaban J connectivity index is 4.05. The van der Waals surface area contributed by atoms with Crippen LogP contribution in [0.5, 0.6) is 0 Å². The Morgan fingerprint density at radius 1 is 0.481 bits per heavy atom. The highest BCUT2D eigenvalue weighted by Crippen LogP contribution is 2.19. The van der Waals surface area contributed by atoms with E-state index < -0.39 is 24.5 Å².